The average Bonchev–Trinajstić information content (AvgIpc) is 2.14. The highest BCUT2D eigenvalue weighted by atomic mass is 16.6. The molecule has 0 aliphatic carbocycles. The van der Waals surface area contributed by atoms with Crippen molar-refractivity contribution in [3.8, 4) is 5.75 Å². The third-order valence-corrected chi connectivity index (χ3v) is 1.90. The summed E-state index contributed by atoms with van der Waals surface area (Å²) in [4.78, 5) is 9.84. The Morgan fingerprint density at radius 1 is 1.44 bits per heavy atom. The largest absolute Gasteiger partial charge is 0.507 e. The average molecular weight is 223 g/mol. The number of non-ortho nitro benzene ring substituents is 1. The second-order valence-corrected chi connectivity index (χ2v) is 3.99. The topological polar surface area (TPSA) is 83.6 Å². The van der Waals surface area contributed by atoms with E-state index in [1.165, 1.54) is 24.3 Å². The number of nitro groups is 1. The zero-order valence-corrected chi connectivity index (χ0v) is 9.04. The van der Waals surface area contributed by atoms with Gasteiger partial charge >= 0.3 is 0 Å². The second kappa shape index (κ2) is 4.32. The molecule has 0 saturated carbocycles. The van der Waals surface area contributed by atoms with Crippen molar-refractivity contribution in [3.63, 3.8) is 0 Å². The first-order valence-corrected chi connectivity index (χ1v) is 4.68. The molecule has 0 aromatic heterocycles. The van der Waals surface area contributed by atoms with Gasteiger partial charge in [0, 0.05) is 11.6 Å². The fourth-order valence-corrected chi connectivity index (χ4v) is 1.08. The van der Waals surface area contributed by atoms with Gasteiger partial charge in [-0.05, 0) is 19.9 Å². The number of benzene rings is 1. The second-order valence-electron chi connectivity index (χ2n) is 3.99. The molecule has 0 radical (unpaired) electrons. The van der Waals surface area contributed by atoms with Gasteiger partial charge < -0.3 is 10.2 Å². The molecular formula is C11H13NO4. The molecule has 16 heavy (non-hydrogen) atoms. The molecule has 5 heteroatoms. The minimum absolute atomic E-state index is 0.169. The number of aromatic hydroxyl groups is 1. The Hall–Kier alpha value is -1.88. The summed E-state index contributed by atoms with van der Waals surface area (Å²) >= 11 is 0. The van der Waals surface area contributed by atoms with Crippen LogP contribution in [0.4, 0.5) is 5.69 Å². The summed E-state index contributed by atoms with van der Waals surface area (Å²) < 4.78 is 0. The Morgan fingerprint density at radius 2 is 2.06 bits per heavy atom. The first-order chi connectivity index (χ1) is 7.29. The summed E-state index contributed by atoms with van der Waals surface area (Å²) in [7, 11) is 0. The van der Waals surface area contributed by atoms with Crippen LogP contribution in [0, 0.1) is 10.1 Å². The smallest absolute Gasteiger partial charge is 0.273 e. The minimum Gasteiger partial charge on any atom is -0.507 e. The van der Waals surface area contributed by atoms with Gasteiger partial charge in [0.25, 0.3) is 5.69 Å². The maximum absolute atomic E-state index is 10.4. The molecule has 1 aromatic rings. The molecule has 5 nitrogen and oxygen atoms in total. The van der Waals surface area contributed by atoms with E-state index in [1.54, 1.807) is 13.8 Å². The van der Waals surface area contributed by atoms with E-state index in [-0.39, 0.29) is 11.4 Å². The van der Waals surface area contributed by atoms with Crippen molar-refractivity contribution in [3.05, 3.63) is 40.0 Å². The van der Waals surface area contributed by atoms with Gasteiger partial charge in [-0.1, -0.05) is 12.2 Å². The van der Waals surface area contributed by atoms with E-state index in [0.717, 1.165) is 6.07 Å². The predicted octanol–water partition coefficient (Wildman–Crippen LogP) is 2.08. The summed E-state index contributed by atoms with van der Waals surface area (Å²) in [5, 5.41) is 29.4. The normalized spacial score (nSPS) is 11.9. The van der Waals surface area contributed by atoms with Gasteiger partial charge in [0.1, 0.15) is 5.75 Å². The number of hydrogen-bond acceptors (Lipinski definition) is 4. The minimum atomic E-state index is -0.992. The maximum atomic E-state index is 10.4. The van der Waals surface area contributed by atoms with Crippen molar-refractivity contribution < 1.29 is 15.1 Å². The molecule has 0 aliphatic rings. The Balaban J connectivity index is 3.01. The Bertz CT molecular complexity index is 432. The van der Waals surface area contributed by atoms with E-state index in [4.69, 9.17) is 0 Å². The summed E-state index contributed by atoms with van der Waals surface area (Å²) in [5.41, 5.74) is -0.737. The Kier molecular flexibility index (Phi) is 3.29. The molecule has 0 spiro atoms. The molecule has 2 N–H and O–H groups in total. The van der Waals surface area contributed by atoms with Gasteiger partial charge in [-0.15, -0.1) is 0 Å². The lowest BCUT2D eigenvalue weighted by Crippen LogP contribution is -2.13. The van der Waals surface area contributed by atoms with Crippen molar-refractivity contribution in [2.75, 3.05) is 0 Å². The summed E-state index contributed by atoms with van der Waals surface area (Å²) in [5.74, 6) is -0.185. The molecular weight excluding hydrogens is 210 g/mol. The lowest BCUT2D eigenvalue weighted by Gasteiger charge is -2.10. The number of nitro benzene ring substituents is 1. The van der Waals surface area contributed by atoms with E-state index in [2.05, 4.69) is 0 Å². The monoisotopic (exact) mass is 223 g/mol. The van der Waals surface area contributed by atoms with Gasteiger partial charge in [-0.2, -0.15) is 0 Å². The standard InChI is InChI=1S/C11H13NO4/c1-11(2,14)6-5-8-3-4-9(12(15)16)7-10(8)13/h3-7,13-14H,1-2H3/b6-5+. The van der Waals surface area contributed by atoms with Gasteiger partial charge in [-0.25, -0.2) is 0 Å². The fourth-order valence-electron chi connectivity index (χ4n) is 1.08. The Morgan fingerprint density at radius 3 is 2.50 bits per heavy atom. The van der Waals surface area contributed by atoms with Crippen molar-refractivity contribution in [2.45, 2.75) is 19.4 Å². The maximum Gasteiger partial charge on any atom is 0.273 e. The van der Waals surface area contributed by atoms with E-state index in [0.29, 0.717) is 5.56 Å². The summed E-state index contributed by atoms with van der Waals surface area (Å²) in [6.07, 6.45) is 3.01. The molecule has 86 valence electrons. The van der Waals surface area contributed by atoms with E-state index < -0.39 is 10.5 Å². The van der Waals surface area contributed by atoms with Gasteiger partial charge in [0.15, 0.2) is 0 Å². The zero-order valence-electron chi connectivity index (χ0n) is 9.04. The molecule has 0 saturated heterocycles. The first-order valence-electron chi connectivity index (χ1n) is 4.68. The quantitative estimate of drug-likeness (QED) is 0.607. The molecule has 1 rings (SSSR count). The Labute approximate surface area is 92.8 Å². The molecule has 0 heterocycles. The molecule has 0 bridgehead atoms. The molecule has 1 aromatic carbocycles. The highest BCUT2D eigenvalue weighted by molar-refractivity contribution is 5.60. The first kappa shape index (κ1) is 12.2. The number of aliphatic hydroxyl groups is 1. The predicted molar refractivity (Wildman–Crippen MR) is 60.1 cm³/mol. The number of phenols is 1. The van der Waals surface area contributed by atoms with Gasteiger partial charge in [0.05, 0.1) is 16.6 Å². The van der Waals surface area contributed by atoms with Crippen LogP contribution in [0.1, 0.15) is 19.4 Å². The van der Waals surface area contributed by atoms with Crippen LogP contribution in [0.15, 0.2) is 24.3 Å². The fraction of sp³-hybridized carbons (Fsp3) is 0.273. The van der Waals surface area contributed by atoms with Crippen LogP contribution in [0.3, 0.4) is 0 Å². The van der Waals surface area contributed by atoms with Crippen LogP contribution in [-0.4, -0.2) is 20.7 Å². The number of hydrogen-bond donors (Lipinski definition) is 2. The number of nitrogens with zero attached hydrogens (tertiary/aromatic N) is 1. The van der Waals surface area contributed by atoms with Crippen LogP contribution in [0.25, 0.3) is 6.08 Å². The zero-order chi connectivity index (χ0) is 12.3. The van der Waals surface area contributed by atoms with E-state index in [9.17, 15) is 20.3 Å². The molecule has 0 unspecified atom stereocenters. The molecule has 0 atom stereocenters. The van der Waals surface area contributed by atoms with Crippen LogP contribution >= 0.6 is 0 Å². The number of rotatable bonds is 3. The molecule has 0 aliphatic heterocycles. The van der Waals surface area contributed by atoms with E-state index in [1.807, 2.05) is 0 Å². The van der Waals surface area contributed by atoms with E-state index >= 15 is 0 Å². The van der Waals surface area contributed by atoms with Crippen LogP contribution < -0.4 is 0 Å². The van der Waals surface area contributed by atoms with Crippen LogP contribution in [-0.2, 0) is 0 Å². The summed E-state index contributed by atoms with van der Waals surface area (Å²) in [6, 6.07) is 3.80. The number of phenolic OH excluding ortho intramolecular Hbond substituents is 1. The van der Waals surface area contributed by atoms with Crippen molar-refractivity contribution >= 4 is 11.8 Å². The van der Waals surface area contributed by atoms with Gasteiger partial charge in [-0.3, -0.25) is 10.1 Å². The summed E-state index contributed by atoms with van der Waals surface area (Å²) in [6.45, 7) is 3.18. The van der Waals surface area contributed by atoms with Crippen molar-refractivity contribution in [1.82, 2.24) is 0 Å². The lowest BCUT2D eigenvalue weighted by molar-refractivity contribution is -0.384. The highest BCUT2D eigenvalue weighted by Crippen LogP contribution is 2.25. The third kappa shape index (κ3) is 3.36. The van der Waals surface area contributed by atoms with Crippen molar-refractivity contribution in [1.29, 1.82) is 0 Å². The highest BCUT2D eigenvalue weighted by Gasteiger charge is 2.10. The van der Waals surface area contributed by atoms with Crippen LogP contribution in [0.2, 0.25) is 0 Å². The SMILES string of the molecule is CC(C)(O)/C=C/c1ccc([N+](=O)[O-])cc1O. The van der Waals surface area contributed by atoms with Gasteiger partial charge in [0.2, 0.25) is 0 Å². The molecule has 0 fully saturated rings. The van der Waals surface area contributed by atoms with Crippen LogP contribution in [0.5, 0.6) is 5.75 Å². The van der Waals surface area contributed by atoms with Crippen molar-refractivity contribution in [2.24, 2.45) is 0 Å². The lowest BCUT2D eigenvalue weighted by atomic mass is 10.1. The third-order valence-electron chi connectivity index (χ3n) is 1.90. The molecule has 0 amide bonds.